The average molecular weight is 422 g/mol. The number of nitrogens with zero attached hydrogens (tertiary/aromatic N) is 2. The number of rotatable bonds is 6. The van der Waals surface area contributed by atoms with E-state index in [0.29, 0.717) is 19.7 Å². The molecule has 164 valence electrons. The van der Waals surface area contributed by atoms with Gasteiger partial charge in [0.1, 0.15) is 12.4 Å². The summed E-state index contributed by atoms with van der Waals surface area (Å²) in [6.45, 7) is 3.86. The summed E-state index contributed by atoms with van der Waals surface area (Å²) in [5.74, 6) is 0.706. The van der Waals surface area contributed by atoms with Crippen molar-refractivity contribution in [1.82, 2.24) is 15.1 Å². The lowest BCUT2D eigenvalue weighted by Gasteiger charge is -2.34. The van der Waals surface area contributed by atoms with Crippen molar-refractivity contribution in [1.29, 1.82) is 0 Å². The van der Waals surface area contributed by atoms with E-state index in [2.05, 4.69) is 5.32 Å². The van der Waals surface area contributed by atoms with Crippen molar-refractivity contribution >= 4 is 11.9 Å². The van der Waals surface area contributed by atoms with E-state index in [1.165, 1.54) is 0 Å². The predicted molar refractivity (Wildman–Crippen MR) is 120 cm³/mol. The first kappa shape index (κ1) is 21.2. The maximum Gasteiger partial charge on any atom is 0.320 e. The van der Waals surface area contributed by atoms with Gasteiger partial charge < -0.3 is 19.9 Å². The molecule has 1 N–H and O–H groups in total. The SMILES string of the molecule is O=C(NCc1ccccc1COc1ccccc1)[C@H]1CCCN(C(=O)N2CCCC2)C1. The molecule has 0 unspecified atom stereocenters. The number of hydrogen-bond acceptors (Lipinski definition) is 3. The summed E-state index contributed by atoms with van der Waals surface area (Å²) in [4.78, 5) is 29.3. The number of carbonyl (C=O) groups excluding carboxylic acids is 2. The van der Waals surface area contributed by atoms with Gasteiger partial charge in [-0.15, -0.1) is 0 Å². The van der Waals surface area contributed by atoms with E-state index in [1.807, 2.05) is 64.4 Å². The van der Waals surface area contributed by atoms with Gasteiger partial charge in [0.15, 0.2) is 0 Å². The van der Waals surface area contributed by atoms with Crippen LogP contribution in [0.3, 0.4) is 0 Å². The second-order valence-corrected chi connectivity index (χ2v) is 8.35. The molecule has 3 amide bonds. The Bertz CT molecular complexity index is 881. The number of likely N-dealkylation sites (tertiary alicyclic amines) is 2. The van der Waals surface area contributed by atoms with Crippen molar-refractivity contribution in [3.8, 4) is 5.75 Å². The van der Waals surface area contributed by atoms with Crippen molar-refractivity contribution in [2.45, 2.75) is 38.8 Å². The number of piperidine rings is 1. The van der Waals surface area contributed by atoms with Gasteiger partial charge in [-0.25, -0.2) is 4.79 Å². The zero-order valence-electron chi connectivity index (χ0n) is 18.0. The molecule has 1 atom stereocenters. The molecular formula is C25H31N3O3. The molecule has 2 aromatic rings. The first-order valence-electron chi connectivity index (χ1n) is 11.3. The van der Waals surface area contributed by atoms with E-state index in [9.17, 15) is 9.59 Å². The molecule has 31 heavy (non-hydrogen) atoms. The van der Waals surface area contributed by atoms with Crippen LogP contribution in [0.25, 0.3) is 0 Å². The number of urea groups is 1. The van der Waals surface area contributed by atoms with Gasteiger partial charge >= 0.3 is 6.03 Å². The minimum atomic E-state index is -0.145. The third kappa shape index (κ3) is 5.57. The van der Waals surface area contributed by atoms with Crippen molar-refractivity contribution in [3.63, 3.8) is 0 Å². The molecule has 4 rings (SSSR count). The Kier molecular flexibility index (Phi) is 7.07. The molecule has 2 aliphatic heterocycles. The van der Waals surface area contributed by atoms with Gasteiger partial charge in [0.25, 0.3) is 0 Å². The average Bonchev–Trinajstić information content (AvgIpc) is 3.37. The molecule has 2 saturated heterocycles. The number of hydrogen-bond donors (Lipinski definition) is 1. The molecule has 2 aromatic carbocycles. The Labute approximate surface area is 184 Å². The molecule has 2 aliphatic rings. The van der Waals surface area contributed by atoms with Gasteiger partial charge in [-0.3, -0.25) is 4.79 Å². The number of para-hydroxylation sites is 1. The van der Waals surface area contributed by atoms with Gasteiger partial charge in [-0.1, -0.05) is 42.5 Å². The molecule has 0 spiro atoms. The molecule has 0 aliphatic carbocycles. The Hall–Kier alpha value is -3.02. The first-order valence-corrected chi connectivity index (χ1v) is 11.3. The lowest BCUT2D eigenvalue weighted by atomic mass is 9.97. The Balaban J connectivity index is 1.30. The van der Waals surface area contributed by atoms with Gasteiger partial charge in [-0.2, -0.15) is 0 Å². The zero-order valence-corrected chi connectivity index (χ0v) is 18.0. The fourth-order valence-corrected chi connectivity index (χ4v) is 4.35. The summed E-state index contributed by atoms with van der Waals surface area (Å²) >= 11 is 0. The zero-order chi connectivity index (χ0) is 21.5. The van der Waals surface area contributed by atoms with Crippen LogP contribution in [0.4, 0.5) is 4.79 Å². The summed E-state index contributed by atoms with van der Waals surface area (Å²) in [7, 11) is 0. The van der Waals surface area contributed by atoms with Crippen LogP contribution in [0.1, 0.15) is 36.8 Å². The van der Waals surface area contributed by atoms with Crippen LogP contribution in [0, 0.1) is 5.92 Å². The normalized spacial score (nSPS) is 18.6. The maximum absolute atomic E-state index is 12.9. The van der Waals surface area contributed by atoms with E-state index < -0.39 is 0 Å². The van der Waals surface area contributed by atoms with Crippen molar-refractivity contribution in [3.05, 3.63) is 65.7 Å². The third-order valence-electron chi connectivity index (χ3n) is 6.15. The summed E-state index contributed by atoms with van der Waals surface area (Å²) in [6.07, 6.45) is 3.86. The molecular weight excluding hydrogens is 390 g/mol. The maximum atomic E-state index is 12.9. The third-order valence-corrected chi connectivity index (χ3v) is 6.15. The van der Waals surface area contributed by atoms with Gasteiger partial charge in [0, 0.05) is 32.7 Å². The number of benzene rings is 2. The molecule has 6 nitrogen and oxygen atoms in total. The predicted octanol–water partition coefficient (Wildman–Crippen LogP) is 3.81. The largest absolute Gasteiger partial charge is 0.489 e. The van der Waals surface area contributed by atoms with Crippen LogP contribution in [0.2, 0.25) is 0 Å². The molecule has 0 radical (unpaired) electrons. The van der Waals surface area contributed by atoms with E-state index in [0.717, 1.165) is 62.2 Å². The fraction of sp³-hybridized carbons (Fsp3) is 0.440. The first-order chi connectivity index (χ1) is 15.2. The van der Waals surface area contributed by atoms with E-state index >= 15 is 0 Å². The monoisotopic (exact) mass is 421 g/mol. The lowest BCUT2D eigenvalue weighted by molar-refractivity contribution is -0.126. The molecule has 6 heteroatoms. The van der Waals surface area contributed by atoms with E-state index in [4.69, 9.17) is 4.74 Å². The molecule has 0 aromatic heterocycles. The molecule has 0 bridgehead atoms. The number of carbonyl (C=O) groups is 2. The standard InChI is InChI=1S/C25H31N3O3/c29-24(21-11-8-16-28(18-21)25(30)27-14-6-7-15-27)26-17-20-9-4-5-10-22(20)19-31-23-12-2-1-3-13-23/h1-5,9-10,12-13,21H,6-8,11,14-19H2,(H,26,29)/t21-/m0/s1. The van der Waals surface area contributed by atoms with Crippen LogP contribution in [0.15, 0.2) is 54.6 Å². The Morgan fingerprint density at radius 3 is 2.32 bits per heavy atom. The highest BCUT2D eigenvalue weighted by atomic mass is 16.5. The van der Waals surface area contributed by atoms with Crippen LogP contribution in [-0.2, 0) is 17.9 Å². The second-order valence-electron chi connectivity index (χ2n) is 8.35. The van der Waals surface area contributed by atoms with Gasteiger partial charge in [-0.05, 0) is 48.9 Å². The van der Waals surface area contributed by atoms with Crippen molar-refractivity contribution in [2.24, 2.45) is 5.92 Å². The fourth-order valence-electron chi connectivity index (χ4n) is 4.35. The molecule has 2 heterocycles. The van der Waals surface area contributed by atoms with Crippen LogP contribution in [0.5, 0.6) is 5.75 Å². The molecule has 2 fully saturated rings. The summed E-state index contributed by atoms with van der Waals surface area (Å²) in [6, 6.07) is 17.8. The summed E-state index contributed by atoms with van der Waals surface area (Å²) < 4.78 is 5.88. The van der Waals surface area contributed by atoms with Crippen LogP contribution >= 0.6 is 0 Å². The van der Waals surface area contributed by atoms with Gasteiger partial charge in [0.2, 0.25) is 5.91 Å². The topological polar surface area (TPSA) is 61.9 Å². The smallest absolute Gasteiger partial charge is 0.320 e. The number of amides is 3. The van der Waals surface area contributed by atoms with Crippen LogP contribution < -0.4 is 10.1 Å². The highest BCUT2D eigenvalue weighted by Gasteiger charge is 2.31. The summed E-state index contributed by atoms with van der Waals surface area (Å²) in [5, 5.41) is 3.09. The Morgan fingerprint density at radius 2 is 1.55 bits per heavy atom. The van der Waals surface area contributed by atoms with Crippen molar-refractivity contribution in [2.75, 3.05) is 26.2 Å². The second kappa shape index (κ2) is 10.3. The quantitative estimate of drug-likeness (QED) is 0.772. The number of ether oxygens (including phenoxy) is 1. The minimum absolute atomic E-state index is 0.0257. The van der Waals surface area contributed by atoms with Crippen molar-refractivity contribution < 1.29 is 14.3 Å². The Morgan fingerprint density at radius 1 is 0.871 bits per heavy atom. The lowest BCUT2D eigenvalue weighted by Crippen LogP contribution is -2.49. The van der Waals surface area contributed by atoms with E-state index in [-0.39, 0.29) is 17.9 Å². The van der Waals surface area contributed by atoms with Gasteiger partial charge in [0.05, 0.1) is 5.92 Å². The summed E-state index contributed by atoms with van der Waals surface area (Å²) in [5.41, 5.74) is 2.11. The molecule has 0 saturated carbocycles. The minimum Gasteiger partial charge on any atom is -0.489 e. The highest BCUT2D eigenvalue weighted by Crippen LogP contribution is 2.20. The number of nitrogens with one attached hydrogen (secondary N) is 1. The van der Waals surface area contributed by atoms with E-state index in [1.54, 1.807) is 0 Å². The highest BCUT2D eigenvalue weighted by molar-refractivity contribution is 5.81. The van der Waals surface area contributed by atoms with Crippen LogP contribution in [-0.4, -0.2) is 47.9 Å².